The van der Waals surface area contributed by atoms with Gasteiger partial charge in [0.2, 0.25) is 0 Å². The van der Waals surface area contributed by atoms with Crippen molar-refractivity contribution in [2.24, 2.45) is 0 Å². The molecule has 93 valence electrons. The number of halogens is 1. The number of aryl methyl sites for hydroxylation is 2. The average Bonchev–Trinajstić information content (AvgIpc) is 2.40. The van der Waals surface area contributed by atoms with Gasteiger partial charge in [-0.05, 0) is 42.9 Å². The van der Waals surface area contributed by atoms with E-state index in [1.54, 1.807) is 12.1 Å². The van der Waals surface area contributed by atoms with E-state index in [0.717, 1.165) is 24.8 Å². The van der Waals surface area contributed by atoms with Gasteiger partial charge < -0.3 is 0 Å². The Labute approximate surface area is 108 Å². The third-order valence-corrected chi connectivity index (χ3v) is 3.10. The van der Waals surface area contributed by atoms with Crippen LogP contribution in [0, 0.1) is 11.9 Å². The third-order valence-electron chi connectivity index (χ3n) is 3.10. The lowest BCUT2D eigenvalue weighted by atomic mass is 10.0. The van der Waals surface area contributed by atoms with Gasteiger partial charge in [-0.15, -0.1) is 0 Å². The number of hydrogen-bond donors (Lipinski definition) is 0. The van der Waals surface area contributed by atoms with Gasteiger partial charge in [0.15, 0.2) is 0 Å². The maximum Gasteiger partial charge on any atom is 0.131 e. The first-order valence-electron chi connectivity index (χ1n) is 6.54. The summed E-state index contributed by atoms with van der Waals surface area (Å²) in [6, 6.07) is 18.3. The molecule has 0 fully saturated rings. The van der Waals surface area contributed by atoms with Crippen molar-refractivity contribution in [1.29, 1.82) is 0 Å². The maximum absolute atomic E-state index is 12.9. The Morgan fingerprint density at radius 1 is 0.833 bits per heavy atom. The summed E-state index contributed by atoms with van der Waals surface area (Å²) in [5.74, 6) is -0.253. The zero-order chi connectivity index (χ0) is 12.6. The summed E-state index contributed by atoms with van der Waals surface area (Å²) >= 11 is 0. The van der Waals surface area contributed by atoms with Gasteiger partial charge in [0.25, 0.3) is 0 Å². The fraction of sp³-hybridized carbons (Fsp3) is 0.294. The van der Waals surface area contributed by atoms with E-state index in [2.05, 4.69) is 30.3 Å². The van der Waals surface area contributed by atoms with Crippen molar-refractivity contribution >= 4 is 0 Å². The molecule has 0 aromatic heterocycles. The van der Waals surface area contributed by atoms with Gasteiger partial charge in [-0.1, -0.05) is 48.9 Å². The lowest BCUT2D eigenvalue weighted by Gasteiger charge is -2.03. The molecule has 0 aliphatic rings. The van der Waals surface area contributed by atoms with Crippen LogP contribution in [-0.4, -0.2) is 0 Å². The molecule has 2 aromatic carbocycles. The monoisotopic (exact) mass is 241 g/mol. The molecule has 0 nitrogen and oxygen atoms in total. The minimum atomic E-state index is -0.253. The number of unbranched alkanes of at least 4 members (excludes halogenated alkanes) is 2. The van der Waals surface area contributed by atoms with Crippen molar-refractivity contribution in [2.75, 3.05) is 0 Å². The second-order valence-electron chi connectivity index (χ2n) is 4.59. The highest BCUT2D eigenvalue weighted by Crippen LogP contribution is 2.10. The average molecular weight is 241 g/mol. The molecule has 18 heavy (non-hydrogen) atoms. The second kappa shape index (κ2) is 6.95. The summed E-state index contributed by atoms with van der Waals surface area (Å²) in [6.07, 6.45) is 5.61. The summed E-state index contributed by atoms with van der Waals surface area (Å²) in [5.41, 5.74) is 2.48. The Kier molecular flexibility index (Phi) is 4.95. The molecule has 0 spiro atoms. The lowest BCUT2D eigenvalue weighted by Crippen LogP contribution is -1.89. The van der Waals surface area contributed by atoms with E-state index in [1.165, 1.54) is 18.4 Å². The van der Waals surface area contributed by atoms with Crippen LogP contribution < -0.4 is 0 Å². The van der Waals surface area contributed by atoms with Crippen molar-refractivity contribution < 1.29 is 4.39 Å². The highest BCUT2D eigenvalue weighted by atomic mass is 19.1. The molecule has 0 bridgehead atoms. The second-order valence-corrected chi connectivity index (χ2v) is 4.59. The first-order valence-corrected chi connectivity index (χ1v) is 6.54. The fourth-order valence-electron chi connectivity index (χ4n) is 2.12. The highest BCUT2D eigenvalue weighted by Gasteiger charge is 1.97. The topological polar surface area (TPSA) is 0 Å². The fourth-order valence-corrected chi connectivity index (χ4v) is 2.12. The first kappa shape index (κ1) is 12.8. The molecule has 0 atom stereocenters. The van der Waals surface area contributed by atoms with E-state index in [-0.39, 0.29) is 5.82 Å². The molecule has 0 heterocycles. The molecule has 2 rings (SSSR count). The van der Waals surface area contributed by atoms with Gasteiger partial charge in [0, 0.05) is 6.07 Å². The number of benzene rings is 2. The number of hydrogen-bond acceptors (Lipinski definition) is 0. The van der Waals surface area contributed by atoms with Crippen LogP contribution in [0.5, 0.6) is 0 Å². The van der Waals surface area contributed by atoms with Crippen LogP contribution in [0.1, 0.15) is 30.4 Å². The largest absolute Gasteiger partial charge is 0.206 e. The van der Waals surface area contributed by atoms with Gasteiger partial charge >= 0.3 is 0 Å². The van der Waals surface area contributed by atoms with Crippen molar-refractivity contribution in [3.63, 3.8) is 0 Å². The van der Waals surface area contributed by atoms with Crippen molar-refractivity contribution in [2.45, 2.75) is 32.1 Å². The van der Waals surface area contributed by atoms with Crippen LogP contribution in [-0.2, 0) is 12.8 Å². The van der Waals surface area contributed by atoms with Crippen LogP contribution in [0.25, 0.3) is 0 Å². The predicted molar refractivity (Wildman–Crippen MR) is 72.9 cm³/mol. The Morgan fingerprint density at radius 3 is 2.28 bits per heavy atom. The zero-order valence-corrected chi connectivity index (χ0v) is 10.5. The summed E-state index contributed by atoms with van der Waals surface area (Å²) in [4.78, 5) is 0. The van der Waals surface area contributed by atoms with E-state index in [0.29, 0.717) is 0 Å². The van der Waals surface area contributed by atoms with E-state index < -0.39 is 0 Å². The molecule has 1 heteroatoms. The Balaban J connectivity index is 1.65. The lowest BCUT2D eigenvalue weighted by molar-refractivity contribution is 0.619. The van der Waals surface area contributed by atoms with Crippen molar-refractivity contribution in [1.82, 2.24) is 0 Å². The van der Waals surface area contributed by atoms with Crippen LogP contribution in [0.2, 0.25) is 0 Å². The van der Waals surface area contributed by atoms with Crippen LogP contribution in [0.4, 0.5) is 4.39 Å². The van der Waals surface area contributed by atoms with E-state index >= 15 is 0 Å². The molecule has 0 N–H and O–H groups in total. The third kappa shape index (κ3) is 4.33. The highest BCUT2D eigenvalue weighted by molar-refractivity contribution is 5.16. The van der Waals surface area contributed by atoms with Gasteiger partial charge in [-0.3, -0.25) is 0 Å². The molecule has 1 radical (unpaired) electrons. The van der Waals surface area contributed by atoms with Crippen molar-refractivity contribution in [3.05, 3.63) is 71.5 Å². The molecular formula is C17H18F. The van der Waals surface area contributed by atoms with E-state index in [1.807, 2.05) is 12.1 Å². The molecule has 0 saturated heterocycles. The normalized spacial score (nSPS) is 10.5. The maximum atomic E-state index is 12.9. The van der Waals surface area contributed by atoms with Gasteiger partial charge in [0.1, 0.15) is 5.82 Å². The van der Waals surface area contributed by atoms with Gasteiger partial charge in [0.05, 0.1) is 0 Å². The molecule has 2 aromatic rings. The van der Waals surface area contributed by atoms with E-state index in [9.17, 15) is 4.39 Å². The Hall–Kier alpha value is -1.63. The SMILES string of the molecule is Fc1[c]ccc(CCCCCc2ccccc2)c1. The minimum absolute atomic E-state index is 0.253. The zero-order valence-electron chi connectivity index (χ0n) is 10.5. The summed E-state index contributed by atoms with van der Waals surface area (Å²) < 4.78 is 12.9. The smallest absolute Gasteiger partial charge is 0.131 e. The van der Waals surface area contributed by atoms with Gasteiger partial charge in [-0.2, -0.15) is 0 Å². The Morgan fingerprint density at radius 2 is 1.56 bits per heavy atom. The van der Waals surface area contributed by atoms with E-state index in [4.69, 9.17) is 0 Å². The first-order chi connectivity index (χ1) is 8.84. The minimum Gasteiger partial charge on any atom is -0.206 e. The Bertz CT molecular complexity index is 462. The quantitative estimate of drug-likeness (QED) is 0.649. The summed E-state index contributed by atoms with van der Waals surface area (Å²) in [6.45, 7) is 0. The molecule has 0 amide bonds. The van der Waals surface area contributed by atoms with Crippen molar-refractivity contribution in [3.8, 4) is 0 Å². The van der Waals surface area contributed by atoms with Crippen LogP contribution >= 0.6 is 0 Å². The summed E-state index contributed by atoms with van der Waals surface area (Å²) in [7, 11) is 0. The number of rotatable bonds is 6. The van der Waals surface area contributed by atoms with Crippen LogP contribution in [0.15, 0.2) is 48.5 Å². The molecule has 0 aliphatic carbocycles. The summed E-state index contributed by atoms with van der Waals surface area (Å²) in [5, 5.41) is 0. The molecule has 0 unspecified atom stereocenters. The molecule has 0 aliphatic heterocycles. The van der Waals surface area contributed by atoms with Gasteiger partial charge in [-0.25, -0.2) is 4.39 Å². The van der Waals surface area contributed by atoms with Crippen LogP contribution in [0.3, 0.4) is 0 Å². The molecular weight excluding hydrogens is 223 g/mol. The standard InChI is InChI=1S/C17H18F/c18-17-13-7-12-16(14-17)11-6-2-5-10-15-8-3-1-4-9-15/h1,3-4,7-9,12,14H,2,5-6,10-11H2. The molecule has 0 saturated carbocycles. The predicted octanol–water partition coefficient (Wildman–Crippen LogP) is 4.58.